The Bertz CT molecular complexity index is 939. The second-order valence-electron chi connectivity index (χ2n) is 7.64. The maximum Gasteiger partial charge on any atom is 0.310 e. The first kappa shape index (κ1) is 20.0. The number of hydrogen-bond acceptors (Lipinski definition) is 6. The molecule has 1 fully saturated rings. The molecule has 1 aliphatic carbocycles. The van der Waals surface area contributed by atoms with Crippen molar-refractivity contribution in [1.29, 1.82) is 0 Å². The zero-order valence-corrected chi connectivity index (χ0v) is 16.6. The largest absolute Gasteiger partial charge is 0.486 e. The number of nitrogens with zero attached hydrogens (tertiary/aromatic N) is 1. The number of hydrogen-bond donors (Lipinski definition) is 1. The van der Waals surface area contributed by atoms with Gasteiger partial charge >= 0.3 is 5.69 Å². The number of ether oxygens (including phenoxy) is 3. The molecule has 158 valence electrons. The molecule has 2 aromatic carbocycles. The fraction of sp³-hybridized carbons (Fsp3) is 0.409. The van der Waals surface area contributed by atoms with Crippen molar-refractivity contribution in [3.63, 3.8) is 0 Å². The summed E-state index contributed by atoms with van der Waals surface area (Å²) >= 11 is 0. The molecule has 1 aliphatic heterocycles. The molecule has 1 N–H and O–H groups in total. The van der Waals surface area contributed by atoms with E-state index in [0.29, 0.717) is 19.8 Å². The predicted molar refractivity (Wildman–Crippen MR) is 109 cm³/mol. The van der Waals surface area contributed by atoms with Gasteiger partial charge in [-0.05, 0) is 36.6 Å². The summed E-state index contributed by atoms with van der Waals surface area (Å²) in [6, 6.07) is 12.0. The summed E-state index contributed by atoms with van der Waals surface area (Å²) in [6.07, 6.45) is 4.13. The van der Waals surface area contributed by atoms with Crippen molar-refractivity contribution in [2.75, 3.05) is 26.4 Å². The maximum absolute atomic E-state index is 12.4. The van der Waals surface area contributed by atoms with E-state index in [1.54, 1.807) is 12.1 Å². The van der Waals surface area contributed by atoms with Crippen molar-refractivity contribution in [3.8, 4) is 17.2 Å². The molecule has 1 saturated carbocycles. The molecule has 0 aromatic heterocycles. The normalized spacial score (nSPS) is 16.7. The van der Waals surface area contributed by atoms with Crippen LogP contribution in [0.25, 0.3) is 0 Å². The summed E-state index contributed by atoms with van der Waals surface area (Å²) in [5.74, 6) is 1.27. The van der Waals surface area contributed by atoms with E-state index in [4.69, 9.17) is 14.2 Å². The van der Waals surface area contributed by atoms with E-state index in [1.807, 2.05) is 12.1 Å². The summed E-state index contributed by atoms with van der Waals surface area (Å²) in [4.78, 5) is 23.0. The van der Waals surface area contributed by atoms with Crippen molar-refractivity contribution < 1.29 is 23.9 Å². The van der Waals surface area contributed by atoms with Crippen LogP contribution in [0.3, 0.4) is 0 Å². The van der Waals surface area contributed by atoms with E-state index in [-0.39, 0.29) is 29.4 Å². The van der Waals surface area contributed by atoms with Crippen LogP contribution in [-0.4, -0.2) is 37.2 Å². The highest BCUT2D eigenvalue weighted by Crippen LogP contribution is 2.43. The molecule has 0 bridgehead atoms. The van der Waals surface area contributed by atoms with Gasteiger partial charge in [0, 0.05) is 18.0 Å². The lowest BCUT2D eigenvalue weighted by Gasteiger charge is -2.31. The van der Waals surface area contributed by atoms with E-state index < -0.39 is 4.92 Å². The zero-order chi connectivity index (χ0) is 21.0. The fourth-order valence-electron chi connectivity index (χ4n) is 4.18. The van der Waals surface area contributed by atoms with Gasteiger partial charge in [-0.3, -0.25) is 14.9 Å². The van der Waals surface area contributed by atoms with Gasteiger partial charge in [-0.1, -0.05) is 31.0 Å². The molecule has 30 heavy (non-hydrogen) atoms. The Morgan fingerprint density at radius 3 is 2.60 bits per heavy atom. The molecule has 0 unspecified atom stereocenters. The standard InChI is InChI=1S/C22H24N2O6/c25-21(14-30-18-6-2-1-5-17(18)24(26)27)23-15-22(9-3-4-10-22)16-7-8-19-20(13-16)29-12-11-28-19/h1-2,5-8,13H,3-4,9-12,14-15H2,(H,23,25). The van der Waals surface area contributed by atoms with Gasteiger partial charge in [-0.2, -0.15) is 0 Å². The first-order valence-corrected chi connectivity index (χ1v) is 10.1. The van der Waals surface area contributed by atoms with Crippen molar-refractivity contribution >= 4 is 11.6 Å². The summed E-state index contributed by atoms with van der Waals surface area (Å²) in [7, 11) is 0. The van der Waals surface area contributed by atoms with Gasteiger partial charge in [-0.25, -0.2) is 0 Å². The van der Waals surface area contributed by atoms with Crippen LogP contribution in [0.1, 0.15) is 31.2 Å². The average molecular weight is 412 g/mol. The van der Waals surface area contributed by atoms with Gasteiger partial charge in [-0.15, -0.1) is 0 Å². The number of benzene rings is 2. The van der Waals surface area contributed by atoms with E-state index in [9.17, 15) is 14.9 Å². The van der Waals surface area contributed by atoms with E-state index in [1.165, 1.54) is 12.1 Å². The van der Waals surface area contributed by atoms with E-state index >= 15 is 0 Å². The van der Waals surface area contributed by atoms with Crippen LogP contribution >= 0.6 is 0 Å². The lowest BCUT2D eigenvalue weighted by atomic mass is 9.78. The molecule has 8 nitrogen and oxygen atoms in total. The number of amides is 1. The van der Waals surface area contributed by atoms with Crippen LogP contribution in [-0.2, 0) is 10.2 Å². The number of nitrogens with one attached hydrogen (secondary N) is 1. The number of carbonyl (C=O) groups is 1. The molecule has 0 saturated heterocycles. The van der Waals surface area contributed by atoms with E-state index in [2.05, 4.69) is 11.4 Å². The highest BCUT2D eigenvalue weighted by molar-refractivity contribution is 5.77. The first-order valence-electron chi connectivity index (χ1n) is 10.1. The Labute approximate surface area is 174 Å². The molecule has 4 rings (SSSR count). The Kier molecular flexibility index (Phi) is 5.74. The molecular formula is C22H24N2O6. The highest BCUT2D eigenvalue weighted by Gasteiger charge is 2.36. The lowest BCUT2D eigenvalue weighted by molar-refractivity contribution is -0.385. The molecule has 0 radical (unpaired) electrons. The van der Waals surface area contributed by atoms with Crippen LogP contribution in [0, 0.1) is 10.1 Å². The van der Waals surface area contributed by atoms with Gasteiger partial charge in [0.2, 0.25) is 0 Å². The van der Waals surface area contributed by atoms with Crippen LogP contribution in [0.4, 0.5) is 5.69 Å². The topological polar surface area (TPSA) is 99.9 Å². The van der Waals surface area contributed by atoms with Gasteiger partial charge in [0.15, 0.2) is 23.9 Å². The number of nitro benzene ring substituents is 1. The molecule has 8 heteroatoms. The van der Waals surface area contributed by atoms with Gasteiger partial charge in [0.25, 0.3) is 5.91 Å². The monoisotopic (exact) mass is 412 g/mol. The molecule has 1 heterocycles. The minimum absolute atomic E-state index is 0.0834. The van der Waals surface area contributed by atoms with Crippen LogP contribution in [0.5, 0.6) is 17.2 Å². The number of fused-ring (bicyclic) bond motifs is 1. The third-order valence-corrected chi connectivity index (χ3v) is 5.76. The molecule has 0 atom stereocenters. The first-order chi connectivity index (χ1) is 14.6. The van der Waals surface area contributed by atoms with Gasteiger partial charge in [0.1, 0.15) is 13.2 Å². The van der Waals surface area contributed by atoms with Gasteiger partial charge in [0.05, 0.1) is 4.92 Å². The van der Waals surface area contributed by atoms with Crippen LogP contribution < -0.4 is 19.5 Å². The minimum atomic E-state index is -0.525. The smallest absolute Gasteiger partial charge is 0.310 e. The van der Waals surface area contributed by atoms with Crippen molar-refractivity contribution in [2.45, 2.75) is 31.1 Å². The van der Waals surface area contributed by atoms with Crippen molar-refractivity contribution in [2.24, 2.45) is 0 Å². The number of carbonyl (C=O) groups excluding carboxylic acids is 1. The lowest BCUT2D eigenvalue weighted by Crippen LogP contribution is -2.41. The third-order valence-electron chi connectivity index (χ3n) is 5.76. The molecule has 0 spiro atoms. The molecule has 2 aromatic rings. The summed E-state index contributed by atoms with van der Waals surface area (Å²) < 4.78 is 16.7. The van der Waals surface area contributed by atoms with Crippen LogP contribution in [0.2, 0.25) is 0 Å². The second-order valence-corrected chi connectivity index (χ2v) is 7.64. The second kappa shape index (κ2) is 8.61. The zero-order valence-electron chi connectivity index (χ0n) is 16.6. The highest BCUT2D eigenvalue weighted by atomic mass is 16.6. The van der Waals surface area contributed by atoms with E-state index in [0.717, 1.165) is 42.7 Å². The number of nitro groups is 1. The summed E-state index contributed by atoms with van der Waals surface area (Å²) in [6.45, 7) is 1.28. The quantitative estimate of drug-likeness (QED) is 0.553. The maximum atomic E-state index is 12.4. The summed E-state index contributed by atoms with van der Waals surface area (Å²) in [5, 5.41) is 14.0. The molecule has 2 aliphatic rings. The van der Waals surface area contributed by atoms with Crippen LogP contribution in [0.15, 0.2) is 42.5 Å². The SMILES string of the molecule is O=C(COc1ccccc1[N+](=O)[O-])NCC1(c2ccc3c(c2)OCCO3)CCCC1. The third kappa shape index (κ3) is 4.17. The Morgan fingerprint density at radius 2 is 1.83 bits per heavy atom. The average Bonchev–Trinajstić information content (AvgIpc) is 3.26. The fourth-order valence-corrected chi connectivity index (χ4v) is 4.18. The Morgan fingerprint density at radius 1 is 1.10 bits per heavy atom. The van der Waals surface area contributed by atoms with Crippen molar-refractivity contribution in [1.82, 2.24) is 5.32 Å². The van der Waals surface area contributed by atoms with Crippen molar-refractivity contribution in [3.05, 3.63) is 58.1 Å². The molecule has 1 amide bonds. The Hall–Kier alpha value is -3.29. The molecular weight excluding hydrogens is 388 g/mol. The number of para-hydroxylation sites is 2. The minimum Gasteiger partial charge on any atom is -0.486 e. The predicted octanol–water partition coefficient (Wildman–Crippen LogP) is 3.37. The summed E-state index contributed by atoms with van der Waals surface area (Å²) in [5.41, 5.74) is 0.808. The van der Waals surface area contributed by atoms with Gasteiger partial charge < -0.3 is 19.5 Å². The number of rotatable bonds is 7. The Balaban J connectivity index is 1.41.